The first-order chi connectivity index (χ1) is 9.40. The van der Waals surface area contributed by atoms with E-state index in [0.717, 1.165) is 6.42 Å². The van der Waals surface area contributed by atoms with Crippen molar-refractivity contribution in [3.8, 4) is 11.8 Å². The maximum Gasteiger partial charge on any atom is 0.241 e. The molecule has 4 nitrogen and oxygen atoms in total. The lowest BCUT2D eigenvalue weighted by atomic mass is 10.1. The van der Waals surface area contributed by atoms with Gasteiger partial charge in [0, 0.05) is 18.0 Å². The van der Waals surface area contributed by atoms with Crippen LogP contribution >= 0.6 is 0 Å². The van der Waals surface area contributed by atoms with Gasteiger partial charge >= 0.3 is 0 Å². The summed E-state index contributed by atoms with van der Waals surface area (Å²) in [6.07, 6.45) is 1.11. The van der Waals surface area contributed by atoms with Crippen LogP contribution in [0.2, 0.25) is 0 Å². The zero-order valence-corrected chi connectivity index (χ0v) is 12.9. The maximum absolute atomic E-state index is 12.3. The second kappa shape index (κ2) is 7.44. The molecule has 1 rings (SSSR count). The Morgan fingerprint density at radius 1 is 1.40 bits per heavy atom. The molecule has 1 atom stereocenters. The molecule has 1 unspecified atom stereocenters. The summed E-state index contributed by atoms with van der Waals surface area (Å²) in [5.41, 5.74) is 1.32. The van der Waals surface area contributed by atoms with Crippen LogP contribution < -0.4 is 4.72 Å². The van der Waals surface area contributed by atoms with Gasteiger partial charge in [-0.1, -0.05) is 24.8 Å². The van der Waals surface area contributed by atoms with Crippen molar-refractivity contribution < 1.29 is 13.5 Å². The maximum atomic E-state index is 12.3. The molecule has 5 heteroatoms. The van der Waals surface area contributed by atoms with E-state index in [1.807, 2.05) is 13.8 Å². The highest BCUT2D eigenvalue weighted by Gasteiger charge is 2.18. The normalized spacial score (nSPS) is 12.6. The van der Waals surface area contributed by atoms with Crippen molar-refractivity contribution in [2.24, 2.45) is 0 Å². The van der Waals surface area contributed by atoms with E-state index in [0.29, 0.717) is 17.5 Å². The fraction of sp³-hybridized carbons (Fsp3) is 0.467. The van der Waals surface area contributed by atoms with E-state index in [9.17, 15) is 8.42 Å². The summed E-state index contributed by atoms with van der Waals surface area (Å²) >= 11 is 0. The van der Waals surface area contributed by atoms with Crippen molar-refractivity contribution in [3.63, 3.8) is 0 Å². The summed E-state index contributed by atoms with van der Waals surface area (Å²) in [4.78, 5) is 0.258. The van der Waals surface area contributed by atoms with Crippen LogP contribution in [0.3, 0.4) is 0 Å². The molecule has 1 aromatic carbocycles. The molecule has 0 aliphatic carbocycles. The molecule has 0 aromatic heterocycles. The molecule has 0 aliphatic heterocycles. The zero-order valence-electron chi connectivity index (χ0n) is 12.1. The first-order valence-electron chi connectivity index (χ1n) is 6.63. The Labute approximate surface area is 121 Å². The summed E-state index contributed by atoms with van der Waals surface area (Å²) in [7, 11) is -3.52. The van der Waals surface area contributed by atoms with E-state index in [4.69, 9.17) is 5.11 Å². The quantitative estimate of drug-likeness (QED) is 0.814. The molecular weight excluding hydrogens is 274 g/mol. The SMILES string of the molecule is CCC(C)NS(=O)(=O)c1cc(C#CCCO)ccc1C. The lowest BCUT2D eigenvalue weighted by molar-refractivity contribution is 0.305. The van der Waals surface area contributed by atoms with Crippen molar-refractivity contribution in [2.45, 2.75) is 44.6 Å². The molecule has 0 radical (unpaired) electrons. The van der Waals surface area contributed by atoms with Crippen LogP contribution in [0.25, 0.3) is 0 Å². The van der Waals surface area contributed by atoms with Gasteiger partial charge in [0.25, 0.3) is 0 Å². The first-order valence-corrected chi connectivity index (χ1v) is 8.11. The number of benzene rings is 1. The van der Waals surface area contributed by atoms with Crippen molar-refractivity contribution >= 4 is 10.0 Å². The Kier molecular flexibility index (Phi) is 6.21. The predicted molar refractivity (Wildman–Crippen MR) is 79.8 cm³/mol. The van der Waals surface area contributed by atoms with E-state index in [-0.39, 0.29) is 17.5 Å². The molecule has 20 heavy (non-hydrogen) atoms. The number of sulfonamides is 1. The highest BCUT2D eigenvalue weighted by Crippen LogP contribution is 2.17. The Hall–Kier alpha value is -1.35. The number of aryl methyl sites for hydroxylation is 1. The van der Waals surface area contributed by atoms with Crippen molar-refractivity contribution in [3.05, 3.63) is 29.3 Å². The Balaban J connectivity index is 3.12. The topological polar surface area (TPSA) is 66.4 Å². The molecule has 0 spiro atoms. The molecule has 0 bridgehead atoms. The van der Waals surface area contributed by atoms with Crippen molar-refractivity contribution in [1.29, 1.82) is 0 Å². The van der Waals surface area contributed by atoms with E-state index >= 15 is 0 Å². The fourth-order valence-corrected chi connectivity index (χ4v) is 3.20. The van der Waals surface area contributed by atoms with E-state index in [1.54, 1.807) is 25.1 Å². The minimum atomic E-state index is -3.52. The van der Waals surface area contributed by atoms with Gasteiger partial charge in [0.1, 0.15) is 0 Å². The van der Waals surface area contributed by atoms with Crippen LogP contribution in [-0.2, 0) is 10.0 Å². The third-order valence-corrected chi connectivity index (χ3v) is 4.65. The Morgan fingerprint density at radius 2 is 2.10 bits per heavy atom. The average Bonchev–Trinajstić information content (AvgIpc) is 2.40. The highest BCUT2D eigenvalue weighted by atomic mass is 32.2. The molecule has 0 heterocycles. The molecular formula is C15H21NO3S. The van der Waals surface area contributed by atoms with Crippen LogP contribution in [0.4, 0.5) is 0 Å². The predicted octanol–water partition coefficient (Wildman–Crippen LogP) is 1.81. The smallest absolute Gasteiger partial charge is 0.241 e. The molecule has 0 aliphatic rings. The van der Waals surface area contributed by atoms with Crippen LogP contribution in [0, 0.1) is 18.8 Å². The third kappa shape index (κ3) is 4.64. The second-order valence-corrected chi connectivity index (χ2v) is 6.37. The van der Waals surface area contributed by atoms with Crippen LogP contribution in [-0.4, -0.2) is 26.2 Å². The molecule has 0 amide bonds. The number of nitrogens with one attached hydrogen (secondary N) is 1. The Morgan fingerprint density at radius 3 is 2.70 bits per heavy atom. The Bertz CT molecular complexity index is 612. The van der Waals surface area contributed by atoms with Crippen LogP contribution in [0.15, 0.2) is 23.1 Å². The first kappa shape index (κ1) is 16.7. The lowest BCUT2D eigenvalue weighted by Crippen LogP contribution is -2.32. The van der Waals surface area contributed by atoms with Gasteiger partial charge in [0.05, 0.1) is 11.5 Å². The average molecular weight is 295 g/mol. The summed E-state index contributed by atoms with van der Waals surface area (Å²) in [5, 5.41) is 8.69. The van der Waals surface area contributed by atoms with Gasteiger partial charge in [-0.05, 0) is 38.0 Å². The minimum absolute atomic E-state index is 0.000409. The van der Waals surface area contributed by atoms with Gasteiger partial charge in [0.15, 0.2) is 0 Å². The van der Waals surface area contributed by atoms with Crippen LogP contribution in [0.1, 0.15) is 37.8 Å². The summed E-state index contributed by atoms with van der Waals surface area (Å²) in [6.45, 7) is 5.52. The van der Waals surface area contributed by atoms with E-state index in [2.05, 4.69) is 16.6 Å². The molecule has 0 saturated heterocycles. The number of hydrogen-bond acceptors (Lipinski definition) is 3. The van der Waals surface area contributed by atoms with Crippen LogP contribution in [0.5, 0.6) is 0 Å². The molecule has 1 aromatic rings. The number of aliphatic hydroxyl groups is 1. The van der Waals surface area contributed by atoms with Gasteiger partial charge in [-0.3, -0.25) is 0 Å². The summed E-state index contributed by atoms with van der Waals surface area (Å²) in [6, 6.07) is 4.99. The van der Waals surface area contributed by atoms with Gasteiger partial charge in [-0.15, -0.1) is 0 Å². The second-order valence-electron chi connectivity index (χ2n) is 4.69. The van der Waals surface area contributed by atoms with Crippen molar-refractivity contribution in [2.75, 3.05) is 6.61 Å². The molecule has 0 saturated carbocycles. The van der Waals surface area contributed by atoms with E-state index < -0.39 is 10.0 Å². The standard InChI is InChI=1S/C15H21NO3S/c1-4-13(3)16-20(18,19)15-11-14(7-5-6-10-17)9-8-12(15)2/h8-9,11,13,16-17H,4,6,10H2,1-3H3. The van der Waals surface area contributed by atoms with Gasteiger partial charge < -0.3 is 5.11 Å². The lowest BCUT2D eigenvalue weighted by Gasteiger charge is -2.14. The zero-order chi connectivity index (χ0) is 15.2. The minimum Gasteiger partial charge on any atom is -0.395 e. The number of aliphatic hydroxyl groups excluding tert-OH is 1. The fourth-order valence-electron chi connectivity index (χ4n) is 1.60. The number of hydrogen-bond donors (Lipinski definition) is 2. The monoisotopic (exact) mass is 295 g/mol. The largest absolute Gasteiger partial charge is 0.395 e. The van der Waals surface area contributed by atoms with Gasteiger partial charge in [-0.2, -0.15) is 0 Å². The van der Waals surface area contributed by atoms with Gasteiger partial charge in [-0.25, -0.2) is 13.1 Å². The van der Waals surface area contributed by atoms with Gasteiger partial charge in [0.2, 0.25) is 10.0 Å². The van der Waals surface area contributed by atoms with E-state index in [1.165, 1.54) is 0 Å². The number of rotatable bonds is 5. The molecule has 0 fully saturated rings. The molecule has 110 valence electrons. The molecule has 2 N–H and O–H groups in total. The summed E-state index contributed by atoms with van der Waals surface area (Å²) in [5.74, 6) is 5.64. The van der Waals surface area contributed by atoms with Crippen molar-refractivity contribution in [1.82, 2.24) is 4.72 Å². The summed E-state index contributed by atoms with van der Waals surface area (Å²) < 4.78 is 27.3. The highest BCUT2D eigenvalue weighted by molar-refractivity contribution is 7.89. The third-order valence-electron chi connectivity index (χ3n) is 2.92.